The third-order valence-corrected chi connectivity index (χ3v) is 3.47. The van der Waals surface area contributed by atoms with Crippen LogP contribution in [0.25, 0.3) is 0 Å². The van der Waals surface area contributed by atoms with Crippen molar-refractivity contribution in [2.45, 2.75) is 32.4 Å². The molecule has 1 atom stereocenters. The molecule has 2 heterocycles. The quantitative estimate of drug-likeness (QED) is 0.793. The fourth-order valence-corrected chi connectivity index (χ4v) is 2.50. The molecule has 1 aliphatic rings. The molecule has 1 unspecified atom stereocenters. The van der Waals surface area contributed by atoms with E-state index in [2.05, 4.69) is 21.9 Å². The molecule has 2 rings (SSSR count). The Morgan fingerprint density at radius 1 is 1.58 bits per heavy atom. The predicted molar refractivity (Wildman–Crippen MR) is 72.0 cm³/mol. The topological polar surface area (TPSA) is 54.7 Å². The van der Waals surface area contributed by atoms with Gasteiger partial charge in [0.05, 0.1) is 13.7 Å². The molecule has 1 aromatic heterocycles. The van der Waals surface area contributed by atoms with Gasteiger partial charge in [-0.1, -0.05) is 6.92 Å². The minimum Gasteiger partial charge on any atom is -0.463 e. The van der Waals surface area contributed by atoms with Gasteiger partial charge in [0.2, 0.25) is 5.76 Å². The van der Waals surface area contributed by atoms with Crippen molar-refractivity contribution in [1.29, 1.82) is 0 Å². The zero-order valence-corrected chi connectivity index (χ0v) is 11.6. The maximum atomic E-state index is 11.4. The normalized spacial score (nSPS) is 19.0. The number of hydrogen-bond donors (Lipinski definition) is 1. The maximum Gasteiger partial charge on any atom is 0.373 e. The Hall–Kier alpha value is -1.33. The summed E-state index contributed by atoms with van der Waals surface area (Å²) in [4.78, 5) is 13.8. The largest absolute Gasteiger partial charge is 0.463 e. The lowest BCUT2D eigenvalue weighted by atomic mass is 10.2. The van der Waals surface area contributed by atoms with Crippen LogP contribution in [0.15, 0.2) is 16.5 Å². The first kappa shape index (κ1) is 14.1. The van der Waals surface area contributed by atoms with Gasteiger partial charge >= 0.3 is 5.97 Å². The third-order valence-electron chi connectivity index (χ3n) is 3.47. The van der Waals surface area contributed by atoms with E-state index in [-0.39, 0.29) is 5.76 Å². The Bertz CT molecular complexity index is 411. The summed E-state index contributed by atoms with van der Waals surface area (Å²) in [6.45, 7) is 6.08. The van der Waals surface area contributed by atoms with E-state index in [1.165, 1.54) is 13.5 Å². The minimum absolute atomic E-state index is 0.276. The lowest BCUT2D eigenvalue weighted by Crippen LogP contribution is -2.36. The predicted octanol–water partition coefficient (Wildman–Crippen LogP) is 1.64. The molecule has 0 radical (unpaired) electrons. The van der Waals surface area contributed by atoms with Crippen molar-refractivity contribution in [2.24, 2.45) is 0 Å². The number of carbonyl (C=O) groups is 1. The summed E-state index contributed by atoms with van der Waals surface area (Å²) < 4.78 is 10.2. The molecule has 0 spiro atoms. The van der Waals surface area contributed by atoms with E-state index < -0.39 is 5.97 Å². The van der Waals surface area contributed by atoms with Crippen molar-refractivity contribution in [2.75, 3.05) is 26.7 Å². The summed E-state index contributed by atoms with van der Waals surface area (Å²) in [7, 11) is 1.36. The number of carbonyl (C=O) groups excluding carboxylic acids is 1. The highest BCUT2D eigenvalue weighted by Crippen LogP contribution is 2.16. The van der Waals surface area contributed by atoms with Crippen molar-refractivity contribution in [3.63, 3.8) is 0 Å². The molecule has 5 heteroatoms. The Morgan fingerprint density at radius 3 is 3.05 bits per heavy atom. The Morgan fingerprint density at radius 2 is 2.42 bits per heavy atom. The molecule has 1 N–H and O–H groups in total. The van der Waals surface area contributed by atoms with E-state index in [0.29, 0.717) is 6.04 Å². The van der Waals surface area contributed by atoms with E-state index in [1.807, 2.05) is 6.07 Å². The van der Waals surface area contributed by atoms with Crippen molar-refractivity contribution in [1.82, 2.24) is 10.2 Å². The van der Waals surface area contributed by atoms with Crippen molar-refractivity contribution < 1.29 is 13.9 Å². The van der Waals surface area contributed by atoms with Gasteiger partial charge in [-0.15, -0.1) is 0 Å². The van der Waals surface area contributed by atoms with Gasteiger partial charge in [0, 0.05) is 12.6 Å². The Labute approximate surface area is 113 Å². The lowest BCUT2D eigenvalue weighted by Gasteiger charge is -2.26. The lowest BCUT2D eigenvalue weighted by molar-refractivity contribution is 0.0560. The summed E-state index contributed by atoms with van der Waals surface area (Å²) in [6.07, 6.45) is 2.28. The molecule has 5 nitrogen and oxygen atoms in total. The zero-order chi connectivity index (χ0) is 13.7. The van der Waals surface area contributed by atoms with Gasteiger partial charge < -0.3 is 14.5 Å². The van der Waals surface area contributed by atoms with E-state index >= 15 is 0 Å². The van der Waals surface area contributed by atoms with E-state index in [1.54, 1.807) is 6.07 Å². The van der Waals surface area contributed by atoms with Crippen molar-refractivity contribution in [3.05, 3.63) is 23.7 Å². The molecular formula is C14H22N2O3. The van der Waals surface area contributed by atoms with Gasteiger partial charge in [-0.25, -0.2) is 4.79 Å². The molecular weight excluding hydrogens is 244 g/mol. The van der Waals surface area contributed by atoms with Crippen LogP contribution >= 0.6 is 0 Å². The number of furan rings is 1. The number of nitrogens with zero attached hydrogens (tertiary/aromatic N) is 1. The molecule has 0 amide bonds. The second-order valence-electron chi connectivity index (χ2n) is 4.87. The molecule has 106 valence electrons. The first-order valence-electron chi connectivity index (χ1n) is 6.86. The number of hydrogen-bond acceptors (Lipinski definition) is 5. The molecule has 0 bridgehead atoms. The second-order valence-corrected chi connectivity index (χ2v) is 4.87. The van der Waals surface area contributed by atoms with Crippen LogP contribution in [0.5, 0.6) is 0 Å². The summed E-state index contributed by atoms with van der Waals surface area (Å²) in [6, 6.07) is 4.10. The fourth-order valence-electron chi connectivity index (χ4n) is 2.50. The van der Waals surface area contributed by atoms with Gasteiger partial charge in [0.1, 0.15) is 5.76 Å². The van der Waals surface area contributed by atoms with Gasteiger partial charge in [0.25, 0.3) is 0 Å². The van der Waals surface area contributed by atoms with Crippen LogP contribution in [0.2, 0.25) is 0 Å². The number of ether oxygens (including phenoxy) is 1. The van der Waals surface area contributed by atoms with Crippen LogP contribution < -0.4 is 5.32 Å². The van der Waals surface area contributed by atoms with E-state index in [4.69, 9.17) is 4.42 Å². The van der Waals surface area contributed by atoms with Gasteiger partial charge in [-0.05, 0) is 38.1 Å². The number of nitrogens with one attached hydrogen (secondary N) is 1. The van der Waals surface area contributed by atoms with Crippen molar-refractivity contribution >= 4 is 5.97 Å². The molecule has 0 aliphatic carbocycles. The Kier molecular flexibility index (Phi) is 4.99. The number of esters is 1. The maximum absolute atomic E-state index is 11.4. The molecule has 0 aromatic carbocycles. The summed E-state index contributed by atoms with van der Waals surface area (Å²) in [5.41, 5.74) is 0. The van der Waals surface area contributed by atoms with Crippen LogP contribution in [0.3, 0.4) is 0 Å². The van der Waals surface area contributed by atoms with Crippen molar-refractivity contribution in [3.8, 4) is 0 Å². The third kappa shape index (κ3) is 3.58. The molecule has 1 saturated heterocycles. The number of methoxy groups -OCH3 is 1. The molecule has 19 heavy (non-hydrogen) atoms. The highest BCUT2D eigenvalue weighted by molar-refractivity contribution is 5.86. The van der Waals surface area contributed by atoms with Crippen LogP contribution in [-0.4, -0.2) is 43.7 Å². The van der Waals surface area contributed by atoms with E-state index in [0.717, 1.165) is 38.4 Å². The highest BCUT2D eigenvalue weighted by atomic mass is 16.5. The monoisotopic (exact) mass is 266 g/mol. The standard InChI is InChI=1S/C14H22N2O3/c1-3-8-16(11-6-7-15-9-11)10-12-4-5-13(19-12)14(17)18-2/h4-5,11,15H,3,6-10H2,1-2H3. The SMILES string of the molecule is CCCN(Cc1ccc(C(=O)OC)o1)C1CCNC1. The van der Waals surface area contributed by atoms with Gasteiger partial charge in [-0.3, -0.25) is 4.90 Å². The first-order valence-corrected chi connectivity index (χ1v) is 6.86. The minimum atomic E-state index is -0.421. The average Bonchev–Trinajstić information content (AvgIpc) is 3.08. The van der Waals surface area contributed by atoms with E-state index in [9.17, 15) is 4.79 Å². The zero-order valence-electron chi connectivity index (χ0n) is 11.6. The highest BCUT2D eigenvalue weighted by Gasteiger charge is 2.23. The molecule has 1 aliphatic heterocycles. The van der Waals surface area contributed by atoms with Crippen LogP contribution in [0.1, 0.15) is 36.1 Å². The summed E-state index contributed by atoms with van der Waals surface area (Å²) in [5.74, 6) is 0.676. The average molecular weight is 266 g/mol. The Balaban J connectivity index is 1.99. The molecule has 0 saturated carbocycles. The van der Waals surface area contributed by atoms with Crippen LogP contribution in [-0.2, 0) is 11.3 Å². The smallest absolute Gasteiger partial charge is 0.373 e. The summed E-state index contributed by atoms with van der Waals surface area (Å²) in [5, 5.41) is 3.38. The molecule has 1 aromatic rings. The van der Waals surface area contributed by atoms with Crippen LogP contribution in [0.4, 0.5) is 0 Å². The molecule has 1 fully saturated rings. The van der Waals surface area contributed by atoms with Gasteiger partial charge in [-0.2, -0.15) is 0 Å². The second kappa shape index (κ2) is 6.73. The summed E-state index contributed by atoms with van der Waals surface area (Å²) >= 11 is 0. The van der Waals surface area contributed by atoms with Gasteiger partial charge in [0.15, 0.2) is 0 Å². The van der Waals surface area contributed by atoms with Crippen LogP contribution in [0, 0.1) is 0 Å². The number of rotatable bonds is 6. The fraction of sp³-hybridized carbons (Fsp3) is 0.643. The first-order chi connectivity index (χ1) is 9.24.